The van der Waals surface area contributed by atoms with Gasteiger partial charge in [0.25, 0.3) is 0 Å². The summed E-state index contributed by atoms with van der Waals surface area (Å²) >= 11 is 0. The van der Waals surface area contributed by atoms with Gasteiger partial charge in [-0.15, -0.1) is 0 Å². The van der Waals surface area contributed by atoms with Crippen LogP contribution in [0.5, 0.6) is 0 Å². The van der Waals surface area contributed by atoms with Crippen molar-refractivity contribution in [2.24, 2.45) is 50.5 Å². The molecule has 0 radical (unpaired) electrons. The minimum atomic E-state index is -1.08. The smallest absolute Gasteiger partial charge is 0.321 e. The second-order valence-corrected chi connectivity index (χ2v) is 19.5. The molecular formula is C55H74N4O5. The van der Waals surface area contributed by atoms with Crippen molar-refractivity contribution in [1.29, 1.82) is 0 Å². The zero-order chi connectivity index (χ0) is 46.4. The molecule has 5 atom stereocenters. The van der Waals surface area contributed by atoms with Crippen molar-refractivity contribution in [1.82, 2.24) is 5.32 Å². The molecule has 5 aliphatic heterocycles. The molecule has 1 saturated heterocycles. The van der Waals surface area contributed by atoms with Crippen LogP contribution in [-0.4, -0.2) is 47.9 Å². The third-order valence-electron chi connectivity index (χ3n) is 14.3. The Hall–Kier alpha value is -5.05. The third kappa shape index (κ3) is 10.6. The number of aliphatic hydroxyl groups excluding tert-OH is 1. The van der Waals surface area contributed by atoms with Gasteiger partial charge in [0.05, 0.1) is 41.3 Å². The number of esters is 2. The van der Waals surface area contributed by atoms with Crippen LogP contribution >= 0.6 is 0 Å². The lowest BCUT2D eigenvalue weighted by molar-refractivity contribution is -0.144. The van der Waals surface area contributed by atoms with Crippen molar-refractivity contribution in [3.05, 3.63) is 116 Å². The molecule has 6 rings (SSSR count). The maximum absolute atomic E-state index is 13.6. The van der Waals surface area contributed by atoms with Gasteiger partial charge in [-0.25, -0.2) is 15.0 Å². The first-order valence-corrected chi connectivity index (χ1v) is 24.1. The number of carbonyl (C=O) groups excluding carboxylic acids is 2. The maximum Gasteiger partial charge on any atom is 0.321 e. The number of carbonyl (C=O) groups is 2. The predicted molar refractivity (Wildman–Crippen MR) is 262 cm³/mol. The molecule has 0 aromatic rings. The molecule has 0 unspecified atom stereocenters. The molecule has 64 heavy (non-hydrogen) atoms. The Morgan fingerprint density at radius 2 is 1.53 bits per heavy atom. The Balaban J connectivity index is 1.20. The van der Waals surface area contributed by atoms with Crippen LogP contribution in [0.3, 0.4) is 0 Å². The summed E-state index contributed by atoms with van der Waals surface area (Å²) in [5.41, 5.74) is 13.3. The minimum absolute atomic E-state index is 0.0838. The fourth-order valence-corrected chi connectivity index (χ4v) is 10.2. The van der Waals surface area contributed by atoms with Gasteiger partial charge in [-0.3, -0.25) is 9.59 Å². The van der Waals surface area contributed by atoms with Crippen LogP contribution in [0, 0.1) is 35.5 Å². The predicted octanol–water partition coefficient (Wildman–Crippen LogP) is 13.0. The van der Waals surface area contributed by atoms with Gasteiger partial charge in [0, 0.05) is 46.4 Å². The average molecular weight is 871 g/mol. The van der Waals surface area contributed by atoms with Crippen LogP contribution in [0.4, 0.5) is 0 Å². The van der Waals surface area contributed by atoms with Crippen molar-refractivity contribution in [3.63, 3.8) is 0 Å². The number of allylic oxidation sites excluding steroid dienone is 12. The number of ether oxygens (including phenoxy) is 2. The van der Waals surface area contributed by atoms with Crippen LogP contribution in [0.1, 0.15) is 146 Å². The number of hydrogen-bond donors (Lipinski definition) is 2. The first kappa shape index (κ1) is 48.4. The molecule has 0 amide bonds. The van der Waals surface area contributed by atoms with Crippen molar-refractivity contribution in [3.8, 4) is 0 Å². The monoisotopic (exact) mass is 871 g/mol. The van der Waals surface area contributed by atoms with Crippen molar-refractivity contribution in [2.45, 2.75) is 146 Å². The Morgan fingerprint density at radius 3 is 2.19 bits per heavy atom. The summed E-state index contributed by atoms with van der Waals surface area (Å²) in [6.45, 7) is 26.2. The Labute approximate surface area is 383 Å². The second-order valence-electron chi connectivity index (χ2n) is 19.5. The van der Waals surface area contributed by atoms with Crippen molar-refractivity contribution in [2.75, 3.05) is 13.7 Å². The number of rotatable bonds is 20. The number of nitrogens with zero attached hydrogens (tertiary/aromatic N) is 3. The van der Waals surface area contributed by atoms with E-state index < -0.39 is 11.9 Å². The van der Waals surface area contributed by atoms with Crippen LogP contribution in [0.15, 0.2) is 131 Å². The van der Waals surface area contributed by atoms with Crippen LogP contribution in [-0.2, 0) is 19.1 Å². The molecule has 0 saturated carbocycles. The van der Waals surface area contributed by atoms with Crippen LogP contribution in [0.25, 0.3) is 0 Å². The molecule has 344 valence electrons. The molecule has 6 aliphatic rings. The second kappa shape index (κ2) is 21.3. The Bertz CT molecular complexity index is 2300. The third-order valence-corrected chi connectivity index (χ3v) is 14.3. The fourth-order valence-electron chi connectivity index (χ4n) is 10.2. The Morgan fingerprint density at radius 1 is 0.875 bits per heavy atom. The normalized spacial score (nSPS) is 22.8. The highest BCUT2D eigenvalue weighted by atomic mass is 16.5. The molecule has 2 N–H and O–H groups in total. The topological polar surface area (TPSA) is 122 Å². The lowest BCUT2D eigenvalue weighted by Crippen LogP contribution is -2.25. The molecule has 1 aliphatic carbocycles. The van der Waals surface area contributed by atoms with Gasteiger partial charge in [-0.05, 0) is 118 Å². The van der Waals surface area contributed by atoms with Crippen molar-refractivity contribution >= 4 is 29.1 Å². The van der Waals surface area contributed by atoms with Crippen molar-refractivity contribution < 1.29 is 24.2 Å². The van der Waals surface area contributed by atoms with Gasteiger partial charge >= 0.3 is 11.9 Å². The van der Waals surface area contributed by atoms with E-state index in [0.717, 1.165) is 99.1 Å². The van der Waals surface area contributed by atoms with Gasteiger partial charge in [0.2, 0.25) is 0 Å². The summed E-state index contributed by atoms with van der Waals surface area (Å²) in [6.07, 6.45) is 22.7. The van der Waals surface area contributed by atoms with Gasteiger partial charge in [0.15, 0.2) is 0 Å². The van der Waals surface area contributed by atoms with E-state index in [2.05, 4.69) is 73.4 Å². The molecule has 9 heteroatoms. The zero-order valence-corrected chi connectivity index (χ0v) is 40.7. The van der Waals surface area contributed by atoms with E-state index in [1.807, 2.05) is 38.2 Å². The average Bonchev–Trinajstić information content (AvgIpc) is 3.99. The number of hydrogen-bond acceptors (Lipinski definition) is 9. The number of aliphatic hydroxyl groups is 1. The number of fused-ring (bicyclic) bond motifs is 5. The molecule has 9 nitrogen and oxygen atoms in total. The highest BCUT2D eigenvalue weighted by Gasteiger charge is 2.49. The first-order valence-electron chi connectivity index (χ1n) is 24.1. The summed E-state index contributed by atoms with van der Waals surface area (Å²) in [5.74, 6) is -0.0182. The van der Waals surface area contributed by atoms with Gasteiger partial charge < -0.3 is 19.9 Å². The quantitative estimate of drug-likeness (QED) is 0.0928. The van der Waals surface area contributed by atoms with E-state index in [1.165, 1.54) is 57.6 Å². The minimum Gasteiger partial charge on any atom is -0.510 e. The first-order chi connectivity index (χ1) is 30.6. The zero-order valence-electron chi connectivity index (χ0n) is 40.7. The van der Waals surface area contributed by atoms with E-state index in [9.17, 15) is 14.7 Å². The van der Waals surface area contributed by atoms with Gasteiger partial charge in [-0.2, -0.15) is 0 Å². The van der Waals surface area contributed by atoms with E-state index in [-0.39, 0.29) is 36.6 Å². The largest absolute Gasteiger partial charge is 0.510 e. The van der Waals surface area contributed by atoms with E-state index in [4.69, 9.17) is 24.5 Å². The fraction of sp³-hybridized carbons (Fsp3) is 0.545. The maximum atomic E-state index is 13.6. The number of nitrogens with one attached hydrogen (secondary N) is 1. The number of aliphatic imine (C=N–C) groups is 3. The molecule has 0 spiro atoms. The SMILES string of the molecule is C=CC1=C(C)C2=NC1=CC1=NC(=CC3=C(C)C4=C(O)[C@H](C(=O)OC)C(=C5NC(=C2)[C@@H](C)[C@@H]5CCC(=O)OCC=C(C)CCC[C@H](C)CCC[C@H](C)CCCC(C)C)C4=N3)C(CC)=C1C. The van der Waals surface area contributed by atoms with E-state index in [1.54, 1.807) is 0 Å². The molecule has 0 aromatic carbocycles. The standard InChI is InChI=1S/C55H74N4O5/c1-13-39-35(8)42-28-44-37(10)41(24-25-48(60)64-27-26-34(7)23-17-22-33(6)21-16-20-32(5)19-15-18-31(3)4)52(58-44)50-51(55(62)63-12)54(61)49-38(11)45(59-53(49)50)30-47-40(14-2)36(9)43(57-47)29-46(39)56-42/h13,26,28-33,37,41,51,58,61H,1,14-25,27H2,2-12H3/t32-,33-,37+,41+,51-/m1/s1. The van der Waals surface area contributed by atoms with Crippen LogP contribution < -0.4 is 5.32 Å². The van der Waals surface area contributed by atoms with E-state index >= 15 is 0 Å². The molecule has 0 aromatic heterocycles. The molecule has 1 fully saturated rings. The lowest BCUT2D eigenvalue weighted by Gasteiger charge is -2.20. The number of methoxy groups -OCH3 is 1. The molecule has 5 heterocycles. The Kier molecular flexibility index (Phi) is 16.1. The lowest BCUT2D eigenvalue weighted by atomic mass is 9.84. The highest BCUT2D eigenvalue weighted by molar-refractivity contribution is 6.24. The molecular weight excluding hydrogens is 797 g/mol. The molecule has 8 bridgehead atoms. The van der Waals surface area contributed by atoms with E-state index in [0.29, 0.717) is 29.0 Å². The van der Waals surface area contributed by atoms with Gasteiger partial charge in [-0.1, -0.05) is 105 Å². The summed E-state index contributed by atoms with van der Waals surface area (Å²) < 4.78 is 11.1. The summed E-state index contributed by atoms with van der Waals surface area (Å²) in [5, 5.41) is 15.6. The summed E-state index contributed by atoms with van der Waals surface area (Å²) in [7, 11) is 1.33. The van der Waals surface area contributed by atoms with Gasteiger partial charge in [0.1, 0.15) is 18.3 Å². The highest BCUT2D eigenvalue weighted by Crippen LogP contribution is 2.49. The van der Waals surface area contributed by atoms with Crippen LogP contribution in [0.2, 0.25) is 0 Å². The summed E-state index contributed by atoms with van der Waals surface area (Å²) in [4.78, 5) is 42.4. The summed E-state index contributed by atoms with van der Waals surface area (Å²) in [6, 6.07) is 0.